The number of carbonyl (C=O) groups excluding carboxylic acids is 1. The molecule has 1 heterocycles. The highest BCUT2D eigenvalue weighted by molar-refractivity contribution is 5.69. The SMILES string of the molecule is CC(C)(C)OC(=O)N1C[C@@H]2[C@H](CC#N)[C@@H]2C1. The summed E-state index contributed by atoms with van der Waals surface area (Å²) >= 11 is 0. The van der Waals surface area contributed by atoms with Crippen molar-refractivity contribution in [1.29, 1.82) is 5.26 Å². The molecule has 0 N–H and O–H groups in total. The average Bonchev–Trinajstić information content (AvgIpc) is 2.60. The van der Waals surface area contributed by atoms with Crippen LogP contribution in [-0.4, -0.2) is 29.7 Å². The van der Waals surface area contributed by atoms with Gasteiger partial charge in [0.15, 0.2) is 0 Å². The summed E-state index contributed by atoms with van der Waals surface area (Å²) < 4.78 is 5.31. The Morgan fingerprint density at radius 3 is 2.44 bits per heavy atom. The van der Waals surface area contributed by atoms with E-state index in [0.29, 0.717) is 24.2 Å². The predicted octanol–water partition coefficient (Wildman–Crippen LogP) is 2.01. The van der Waals surface area contributed by atoms with Gasteiger partial charge in [-0.25, -0.2) is 4.79 Å². The molecular weight excluding hydrogens is 204 g/mol. The molecule has 1 saturated heterocycles. The molecule has 0 radical (unpaired) electrons. The fraction of sp³-hybridized carbons (Fsp3) is 0.833. The standard InChI is InChI=1S/C12H18N2O2/c1-12(2,3)16-11(15)14-6-9-8(4-5-13)10(9)7-14/h8-10H,4,6-7H2,1-3H3/t8-,9+,10-. The van der Waals surface area contributed by atoms with Gasteiger partial charge in [0, 0.05) is 19.5 Å². The molecule has 0 spiro atoms. The fourth-order valence-electron chi connectivity index (χ4n) is 2.53. The number of carbonyl (C=O) groups is 1. The maximum atomic E-state index is 11.7. The van der Waals surface area contributed by atoms with Crippen LogP contribution in [-0.2, 0) is 4.74 Å². The smallest absolute Gasteiger partial charge is 0.410 e. The Labute approximate surface area is 96.2 Å². The van der Waals surface area contributed by atoms with Crippen LogP contribution in [0.2, 0.25) is 0 Å². The Morgan fingerprint density at radius 2 is 2.00 bits per heavy atom. The van der Waals surface area contributed by atoms with Crippen LogP contribution < -0.4 is 0 Å². The maximum Gasteiger partial charge on any atom is 0.410 e. The van der Waals surface area contributed by atoms with Crippen molar-refractivity contribution in [3.63, 3.8) is 0 Å². The van der Waals surface area contributed by atoms with Gasteiger partial charge >= 0.3 is 6.09 Å². The summed E-state index contributed by atoms with van der Waals surface area (Å²) in [4.78, 5) is 13.5. The summed E-state index contributed by atoms with van der Waals surface area (Å²) in [6, 6.07) is 2.21. The number of fused-ring (bicyclic) bond motifs is 1. The minimum Gasteiger partial charge on any atom is -0.444 e. The molecule has 16 heavy (non-hydrogen) atoms. The van der Waals surface area contributed by atoms with E-state index in [2.05, 4.69) is 6.07 Å². The minimum atomic E-state index is -0.421. The third-order valence-electron chi connectivity index (χ3n) is 3.35. The van der Waals surface area contributed by atoms with Crippen molar-refractivity contribution < 1.29 is 9.53 Å². The molecule has 0 aromatic heterocycles. The molecule has 0 aromatic carbocycles. The third-order valence-corrected chi connectivity index (χ3v) is 3.35. The summed E-state index contributed by atoms with van der Waals surface area (Å²) in [5, 5.41) is 8.60. The number of hydrogen-bond acceptors (Lipinski definition) is 3. The second-order valence-electron chi connectivity index (χ2n) is 5.74. The van der Waals surface area contributed by atoms with Crippen molar-refractivity contribution in [2.24, 2.45) is 17.8 Å². The van der Waals surface area contributed by atoms with Gasteiger partial charge < -0.3 is 9.64 Å². The van der Waals surface area contributed by atoms with Crippen molar-refractivity contribution in [3.05, 3.63) is 0 Å². The predicted molar refractivity (Wildman–Crippen MR) is 58.5 cm³/mol. The van der Waals surface area contributed by atoms with Crippen LogP contribution in [0.1, 0.15) is 27.2 Å². The molecule has 3 atom stereocenters. The second-order valence-corrected chi connectivity index (χ2v) is 5.74. The molecular formula is C12H18N2O2. The quantitative estimate of drug-likeness (QED) is 0.682. The first kappa shape index (κ1) is 11.3. The van der Waals surface area contributed by atoms with E-state index in [9.17, 15) is 4.79 Å². The topological polar surface area (TPSA) is 53.3 Å². The summed E-state index contributed by atoms with van der Waals surface area (Å²) in [5.74, 6) is 1.63. The first-order valence-corrected chi connectivity index (χ1v) is 5.77. The maximum absolute atomic E-state index is 11.7. The Balaban J connectivity index is 1.81. The van der Waals surface area contributed by atoms with Crippen molar-refractivity contribution in [1.82, 2.24) is 4.90 Å². The molecule has 2 aliphatic rings. The minimum absolute atomic E-state index is 0.213. The third kappa shape index (κ3) is 2.13. The van der Waals surface area contributed by atoms with Crippen LogP contribution in [0, 0.1) is 29.1 Å². The van der Waals surface area contributed by atoms with Gasteiger partial charge in [0.25, 0.3) is 0 Å². The van der Waals surface area contributed by atoms with Crippen LogP contribution in [0.4, 0.5) is 4.79 Å². The number of likely N-dealkylation sites (tertiary alicyclic amines) is 1. The molecule has 2 fully saturated rings. The summed E-state index contributed by atoms with van der Waals surface area (Å²) in [7, 11) is 0. The molecule has 4 heteroatoms. The van der Waals surface area contributed by atoms with E-state index < -0.39 is 5.60 Å². The molecule has 0 bridgehead atoms. The molecule has 1 saturated carbocycles. The van der Waals surface area contributed by atoms with Crippen molar-refractivity contribution in [3.8, 4) is 6.07 Å². The molecule has 0 unspecified atom stereocenters. The fourth-order valence-corrected chi connectivity index (χ4v) is 2.53. The largest absolute Gasteiger partial charge is 0.444 e. The first-order chi connectivity index (χ1) is 7.42. The van der Waals surface area contributed by atoms with E-state index in [-0.39, 0.29) is 6.09 Å². The van der Waals surface area contributed by atoms with Crippen LogP contribution in [0.5, 0.6) is 0 Å². The Kier molecular flexibility index (Phi) is 2.57. The normalized spacial score (nSPS) is 31.9. The van der Waals surface area contributed by atoms with Crippen LogP contribution in [0.3, 0.4) is 0 Å². The lowest BCUT2D eigenvalue weighted by atomic mass is 10.2. The van der Waals surface area contributed by atoms with Gasteiger partial charge in [-0.2, -0.15) is 5.26 Å². The van der Waals surface area contributed by atoms with Crippen LogP contribution in [0.15, 0.2) is 0 Å². The Bertz CT molecular complexity index is 328. The van der Waals surface area contributed by atoms with E-state index in [1.165, 1.54) is 0 Å². The van der Waals surface area contributed by atoms with E-state index >= 15 is 0 Å². The highest BCUT2D eigenvalue weighted by Crippen LogP contribution is 2.53. The van der Waals surface area contributed by atoms with E-state index in [4.69, 9.17) is 10.00 Å². The van der Waals surface area contributed by atoms with Gasteiger partial charge in [-0.15, -0.1) is 0 Å². The van der Waals surface area contributed by atoms with Gasteiger partial charge in [-0.1, -0.05) is 0 Å². The van der Waals surface area contributed by atoms with E-state index in [1.54, 1.807) is 4.90 Å². The molecule has 4 nitrogen and oxygen atoms in total. The molecule has 0 aromatic rings. The van der Waals surface area contributed by atoms with Gasteiger partial charge in [0.2, 0.25) is 0 Å². The van der Waals surface area contributed by atoms with Gasteiger partial charge in [0.05, 0.1) is 6.07 Å². The zero-order valence-electron chi connectivity index (χ0n) is 10.1. The molecule has 88 valence electrons. The van der Waals surface area contributed by atoms with Crippen molar-refractivity contribution in [2.75, 3.05) is 13.1 Å². The lowest BCUT2D eigenvalue weighted by Gasteiger charge is -2.25. The molecule has 1 aliphatic heterocycles. The Morgan fingerprint density at radius 1 is 1.44 bits per heavy atom. The zero-order valence-corrected chi connectivity index (χ0v) is 10.1. The number of piperidine rings is 1. The van der Waals surface area contributed by atoms with Gasteiger partial charge in [-0.05, 0) is 38.5 Å². The highest BCUT2D eigenvalue weighted by atomic mass is 16.6. The highest BCUT2D eigenvalue weighted by Gasteiger charge is 2.56. The monoisotopic (exact) mass is 222 g/mol. The molecule has 1 amide bonds. The van der Waals surface area contributed by atoms with Crippen LogP contribution >= 0.6 is 0 Å². The molecule has 1 aliphatic carbocycles. The average molecular weight is 222 g/mol. The van der Waals surface area contributed by atoms with Crippen molar-refractivity contribution >= 4 is 6.09 Å². The first-order valence-electron chi connectivity index (χ1n) is 5.77. The second kappa shape index (κ2) is 3.65. The Hall–Kier alpha value is -1.24. The summed E-state index contributed by atoms with van der Waals surface area (Å²) in [6.45, 7) is 7.17. The number of ether oxygens (including phenoxy) is 1. The lowest BCUT2D eigenvalue weighted by molar-refractivity contribution is 0.0266. The van der Waals surface area contributed by atoms with Gasteiger partial charge in [0.1, 0.15) is 5.60 Å². The lowest BCUT2D eigenvalue weighted by Crippen LogP contribution is -2.37. The number of hydrogen-bond donors (Lipinski definition) is 0. The number of amides is 1. The van der Waals surface area contributed by atoms with E-state index in [0.717, 1.165) is 13.1 Å². The van der Waals surface area contributed by atoms with Crippen molar-refractivity contribution in [2.45, 2.75) is 32.8 Å². The van der Waals surface area contributed by atoms with E-state index in [1.807, 2.05) is 20.8 Å². The number of nitrogens with zero attached hydrogens (tertiary/aromatic N) is 2. The summed E-state index contributed by atoms with van der Waals surface area (Å²) in [5.41, 5.74) is -0.421. The zero-order chi connectivity index (χ0) is 11.9. The summed E-state index contributed by atoms with van der Waals surface area (Å²) in [6.07, 6.45) is 0.424. The van der Waals surface area contributed by atoms with Gasteiger partial charge in [-0.3, -0.25) is 0 Å². The number of rotatable bonds is 1. The molecule has 2 rings (SSSR count). The number of nitriles is 1. The van der Waals surface area contributed by atoms with Crippen LogP contribution in [0.25, 0.3) is 0 Å².